The van der Waals surface area contributed by atoms with Crippen LogP contribution in [0.1, 0.15) is 66.2 Å². The maximum absolute atomic E-state index is 3.63. The summed E-state index contributed by atoms with van der Waals surface area (Å²) in [4.78, 5) is 0. The van der Waals surface area contributed by atoms with Crippen molar-refractivity contribution in [3.8, 4) is 0 Å². The minimum absolute atomic E-state index is 0.707. The summed E-state index contributed by atoms with van der Waals surface area (Å²) in [7, 11) is 0. The van der Waals surface area contributed by atoms with Crippen molar-refractivity contribution in [2.24, 2.45) is 5.92 Å². The first-order valence-electron chi connectivity index (χ1n) is 6.44. The van der Waals surface area contributed by atoms with Gasteiger partial charge in [0, 0.05) is 6.04 Å². The predicted octanol–water partition coefficient (Wildman–Crippen LogP) is 3.98. The van der Waals surface area contributed by atoms with Crippen LogP contribution in [0.2, 0.25) is 0 Å². The third kappa shape index (κ3) is 8.55. The van der Waals surface area contributed by atoms with E-state index in [1.54, 1.807) is 0 Å². The van der Waals surface area contributed by atoms with E-state index in [0.717, 1.165) is 5.92 Å². The maximum Gasteiger partial charge on any atom is 0.00388 e. The quantitative estimate of drug-likeness (QED) is 0.592. The molecule has 0 aliphatic rings. The van der Waals surface area contributed by atoms with Crippen molar-refractivity contribution >= 4 is 0 Å². The van der Waals surface area contributed by atoms with Crippen molar-refractivity contribution in [1.82, 2.24) is 5.32 Å². The topological polar surface area (TPSA) is 12.0 Å². The summed E-state index contributed by atoms with van der Waals surface area (Å²) in [5.74, 6) is 0.846. The minimum Gasteiger partial charge on any atom is -0.314 e. The van der Waals surface area contributed by atoms with Crippen LogP contribution in [0.4, 0.5) is 0 Å². The van der Waals surface area contributed by atoms with E-state index < -0.39 is 0 Å². The molecule has 0 aromatic heterocycles. The second kappa shape index (κ2) is 9.51. The van der Waals surface area contributed by atoms with E-state index in [2.05, 4.69) is 33.0 Å². The first-order chi connectivity index (χ1) is 6.70. The monoisotopic (exact) mass is 199 g/mol. The van der Waals surface area contributed by atoms with Gasteiger partial charge in [-0.2, -0.15) is 0 Å². The lowest BCUT2D eigenvalue weighted by Crippen LogP contribution is -2.30. The number of rotatable bonds is 9. The molecule has 2 unspecified atom stereocenters. The fourth-order valence-electron chi connectivity index (χ4n) is 1.67. The Hall–Kier alpha value is -0.0400. The van der Waals surface area contributed by atoms with E-state index in [1.807, 2.05) is 0 Å². The first kappa shape index (κ1) is 14.0. The molecule has 0 aliphatic heterocycles. The zero-order chi connectivity index (χ0) is 10.8. The summed E-state index contributed by atoms with van der Waals surface area (Å²) in [6.45, 7) is 10.4. The van der Waals surface area contributed by atoms with Crippen molar-refractivity contribution in [3.05, 3.63) is 0 Å². The van der Waals surface area contributed by atoms with Gasteiger partial charge in [0.05, 0.1) is 0 Å². The summed E-state index contributed by atoms with van der Waals surface area (Å²) >= 11 is 0. The van der Waals surface area contributed by atoms with Gasteiger partial charge >= 0.3 is 0 Å². The second-order valence-corrected chi connectivity index (χ2v) is 4.70. The summed E-state index contributed by atoms with van der Waals surface area (Å²) in [6.07, 6.45) is 8.10. The Balaban J connectivity index is 3.31. The molecule has 0 aliphatic carbocycles. The van der Waals surface area contributed by atoms with Crippen molar-refractivity contribution in [2.75, 3.05) is 6.54 Å². The smallest absolute Gasteiger partial charge is 0.00388 e. The molecule has 0 rings (SSSR count). The molecule has 0 saturated carbocycles. The van der Waals surface area contributed by atoms with E-state index in [-0.39, 0.29) is 0 Å². The lowest BCUT2D eigenvalue weighted by Gasteiger charge is -2.17. The van der Waals surface area contributed by atoms with Gasteiger partial charge in [-0.1, -0.05) is 46.5 Å². The Bertz CT molecular complexity index is 97.8. The lowest BCUT2D eigenvalue weighted by molar-refractivity contribution is 0.413. The van der Waals surface area contributed by atoms with E-state index in [0.29, 0.717) is 6.04 Å². The van der Waals surface area contributed by atoms with Gasteiger partial charge in [0.15, 0.2) is 0 Å². The van der Waals surface area contributed by atoms with Crippen LogP contribution in [0.25, 0.3) is 0 Å². The van der Waals surface area contributed by atoms with Gasteiger partial charge in [0.25, 0.3) is 0 Å². The third-order valence-electron chi connectivity index (χ3n) is 2.86. The van der Waals surface area contributed by atoms with E-state index in [9.17, 15) is 0 Å². The van der Waals surface area contributed by atoms with Crippen LogP contribution in [0.15, 0.2) is 0 Å². The fraction of sp³-hybridized carbons (Fsp3) is 1.00. The molecule has 1 N–H and O–H groups in total. The highest BCUT2D eigenvalue weighted by Crippen LogP contribution is 2.07. The summed E-state index contributed by atoms with van der Waals surface area (Å²) in [5.41, 5.74) is 0. The van der Waals surface area contributed by atoms with Gasteiger partial charge in [0.1, 0.15) is 0 Å². The van der Waals surface area contributed by atoms with Gasteiger partial charge in [0.2, 0.25) is 0 Å². The number of hydrogen-bond donors (Lipinski definition) is 1. The maximum atomic E-state index is 3.63. The Labute approximate surface area is 90.7 Å². The summed E-state index contributed by atoms with van der Waals surface area (Å²) in [5, 5.41) is 3.63. The lowest BCUT2D eigenvalue weighted by atomic mass is 10.0. The highest BCUT2D eigenvalue weighted by atomic mass is 14.9. The van der Waals surface area contributed by atoms with E-state index in [4.69, 9.17) is 0 Å². The highest BCUT2D eigenvalue weighted by Gasteiger charge is 2.04. The van der Waals surface area contributed by atoms with Crippen LogP contribution < -0.4 is 5.32 Å². The van der Waals surface area contributed by atoms with Crippen LogP contribution in [0.5, 0.6) is 0 Å². The van der Waals surface area contributed by atoms with Crippen molar-refractivity contribution in [3.63, 3.8) is 0 Å². The molecule has 0 amide bonds. The van der Waals surface area contributed by atoms with Crippen molar-refractivity contribution < 1.29 is 0 Å². The Morgan fingerprint density at radius 3 is 2.07 bits per heavy atom. The minimum atomic E-state index is 0.707. The van der Waals surface area contributed by atoms with Gasteiger partial charge in [-0.25, -0.2) is 0 Å². The normalized spacial score (nSPS) is 15.4. The Kier molecular flexibility index (Phi) is 9.49. The van der Waals surface area contributed by atoms with Crippen LogP contribution in [0, 0.1) is 5.92 Å². The molecule has 1 nitrogen and oxygen atoms in total. The molecule has 0 aromatic rings. The molecule has 0 aromatic carbocycles. The van der Waals surface area contributed by atoms with Gasteiger partial charge < -0.3 is 5.32 Å². The summed E-state index contributed by atoms with van der Waals surface area (Å²) < 4.78 is 0. The molecule has 0 fully saturated rings. The largest absolute Gasteiger partial charge is 0.314 e. The fourth-order valence-corrected chi connectivity index (χ4v) is 1.67. The molecule has 0 saturated heterocycles. The average Bonchev–Trinajstić information content (AvgIpc) is 2.20. The van der Waals surface area contributed by atoms with Crippen molar-refractivity contribution in [2.45, 2.75) is 72.3 Å². The van der Waals surface area contributed by atoms with E-state index in [1.165, 1.54) is 45.1 Å². The molecule has 2 atom stereocenters. The zero-order valence-electron chi connectivity index (χ0n) is 10.6. The molecule has 14 heavy (non-hydrogen) atoms. The first-order valence-corrected chi connectivity index (χ1v) is 6.44. The number of unbranched alkanes of at least 4 members (excludes halogenated alkanes) is 2. The molecule has 0 radical (unpaired) electrons. The van der Waals surface area contributed by atoms with Crippen LogP contribution in [-0.4, -0.2) is 12.6 Å². The molecule has 86 valence electrons. The van der Waals surface area contributed by atoms with Gasteiger partial charge in [-0.05, 0) is 32.2 Å². The van der Waals surface area contributed by atoms with Crippen LogP contribution in [0.3, 0.4) is 0 Å². The molecular formula is C13H29N. The molecular weight excluding hydrogens is 170 g/mol. The third-order valence-corrected chi connectivity index (χ3v) is 2.86. The standard InChI is InChI=1S/C13H29N/c1-5-7-9-12(3)11-14-13(4)10-8-6-2/h12-14H,5-11H2,1-4H3. The van der Waals surface area contributed by atoms with Crippen molar-refractivity contribution in [1.29, 1.82) is 0 Å². The van der Waals surface area contributed by atoms with E-state index >= 15 is 0 Å². The number of nitrogens with one attached hydrogen (secondary N) is 1. The predicted molar refractivity (Wildman–Crippen MR) is 65.7 cm³/mol. The molecule has 0 bridgehead atoms. The molecule has 0 heterocycles. The number of hydrogen-bond acceptors (Lipinski definition) is 1. The Morgan fingerprint density at radius 1 is 0.929 bits per heavy atom. The second-order valence-electron chi connectivity index (χ2n) is 4.70. The summed E-state index contributed by atoms with van der Waals surface area (Å²) in [6, 6.07) is 0.707. The Morgan fingerprint density at radius 2 is 1.50 bits per heavy atom. The SMILES string of the molecule is CCCCC(C)CNC(C)CCCC. The van der Waals surface area contributed by atoms with Gasteiger partial charge in [-0.15, -0.1) is 0 Å². The highest BCUT2D eigenvalue weighted by molar-refractivity contribution is 4.63. The zero-order valence-corrected chi connectivity index (χ0v) is 10.6. The molecule has 0 spiro atoms. The van der Waals surface area contributed by atoms with Crippen LogP contribution >= 0.6 is 0 Å². The van der Waals surface area contributed by atoms with Gasteiger partial charge in [-0.3, -0.25) is 0 Å². The average molecular weight is 199 g/mol. The van der Waals surface area contributed by atoms with Crippen LogP contribution in [-0.2, 0) is 0 Å². The molecule has 1 heteroatoms.